The van der Waals surface area contributed by atoms with Crippen molar-refractivity contribution >= 4 is 23.3 Å². The first-order valence-electron chi connectivity index (χ1n) is 8.04. The Labute approximate surface area is 155 Å². The van der Waals surface area contributed by atoms with Gasteiger partial charge in [0.25, 0.3) is 5.91 Å². The number of imidazole rings is 1. The maximum atomic E-state index is 12.8. The minimum Gasteiger partial charge on any atom is -0.506 e. The number of amides is 1. The van der Waals surface area contributed by atoms with Crippen molar-refractivity contribution in [2.45, 2.75) is 12.6 Å². The van der Waals surface area contributed by atoms with Gasteiger partial charge >= 0.3 is 6.18 Å². The van der Waals surface area contributed by atoms with Gasteiger partial charge in [0.2, 0.25) is 0 Å². The second-order valence-electron chi connectivity index (χ2n) is 5.89. The number of H-pyrrole nitrogens is 1. The van der Waals surface area contributed by atoms with Gasteiger partial charge < -0.3 is 15.4 Å². The number of benzene rings is 1. The number of aromatic nitrogens is 3. The number of nitrogens with one attached hydrogen (secondary N) is 4. The molecule has 0 bridgehead atoms. The zero-order valence-electron chi connectivity index (χ0n) is 14.3. The van der Waals surface area contributed by atoms with Gasteiger partial charge in [-0.3, -0.25) is 20.2 Å². The molecule has 0 spiro atoms. The van der Waals surface area contributed by atoms with E-state index in [0.717, 1.165) is 17.0 Å². The van der Waals surface area contributed by atoms with Crippen LogP contribution in [0.1, 0.15) is 21.7 Å². The Morgan fingerprint density at radius 3 is 2.82 bits per heavy atom. The number of fused-ring (bicyclic) bond motifs is 1. The topological polar surface area (TPSA) is 131 Å². The van der Waals surface area contributed by atoms with Gasteiger partial charge in [0.1, 0.15) is 22.6 Å². The molecular weight excluding hydrogens is 377 g/mol. The molecule has 28 heavy (non-hydrogen) atoms. The summed E-state index contributed by atoms with van der Waals surface area (Å²) in [7, 11) is 0. The third-order valence-corrected chi connectivity index (χ3v) is 4.00. The molecule has 8 nitrogen and oxygen atoms in total. The molecular formula is C17H15F3N6O2. The lowest BCUT2D eigenvalue weighted by molar-refractivity contribution is -0.137. The van der Waals surface area contributed by atoms with Crippen molar-refractivity contribution in [1.29, 1.82) is 10.8 Å². The molecule has 1 amide bonds. The van der Waals surface area contributed by atoms with Crippen LogP contribution in [-0.4, -0.2) is 38.4 Å². The maximum absolute atomic E-state index is 12.8. The minimum absolute atomic E-state index is 0.0119. The van der Waals surface area contributed by atoms with E-state index in [1.54, 1.807) is 0 Å². The number of phenols is 1. The van der Waals surface area contributed by atoms with E-state index in [0.29, 0.717) is 11.9 Å². The van der Waals surface area contributed by atoms with Crippen molar-refractivity contribution < 1.29 is 23.1 Å². The van der Waals surface area contributed by atoms with Gasteiger partial charge in [-0.15, -0.1) is 0 Å². The lowest BCUT2D eigenvalue weighted by atomic mass is 10.2. The zero-order chi connectivity index (χ0) is 20.5. The number of nitrogens with zero attached hydrogens (tertiary/aromatic N) is 2. The van der Waals surface area contributed by atoms with Gasteiger partial charge in [-0.05, 0) is 24.3 Å². The predicted octanol–water partition coefficient (Wildman–Crippen LogP) is 2.00. The average molecular weight is 392 g/mol. The molecule has 11 heteroatoms. The van der Waals surface area contributed by atoms with Gasteiger partial charge in [0.05, 0.1) is 23.0 Å². The van der Waals surface area contributed by atoms with E-state index < -0.39 is 23.4 Å². The summed E-state index contributed by atoms with van der Waals surface area (Å²) >= 11 is 0. The largest absolute Gasteiger partial charge is 0.506 e. The highest BCUT2D eigenvalue weighted by Gasteiger charge is 2.32. The first-order valence-corrected chi connectivity index (χ1v) is 8.04. The van der Waals surface area contributed by atoms with E-state index in [9.17, 15) is 23.1 Å². The number of aromatic hydroxyl groups is 1. The fourth-order valence-electron chi connectivity index (χ4n) is 2.64. The quantitative estimate of drug-likeness (QED) is 0.336. The van der Waals surface area contributed by atoms with Crippen LogP contribution in [0.3, 0.4) is 0 Å². The summed E-state index contributed by atoms with van der Waals surface area (Å²) in [6.45, 7) is 0.102. The highest BCUT2D eigenvalue weighted by atomic mass is 19.4. The molecule has 3 aromatic rings. The van der Waals surface area contributed by atoms with E-state index in [2.05, 4.69) is 15.3 Å². The van der Waals surface area contributed by atoms with Crippen LogP contribution in [0.4, 0.5) is 13.2 Å². The summed E-state index contributed by atoms with van der Waals surface area (Å²) in [5, 5.41) is 27.4. The van der Waals surface area contributed by atoms with Crippen molar-refractivity contribution in [1.82, 2.24) is 19.9 Å². The van der Waals surface area contributed by atoms with E-state index >= 15 is 0 Å². The third kappa shape index (κ3) is 3.72. The van der Waals surface area contributed by atoms with Crippen LogP contribution in [0, 0.1) is 10.8 Å². The third-order valence-electron chi connectivity index (χ3n) is 4.00. The predicted molar refractivity (Wildman–Crippen MR) is 93.3 cm³/mol. The molecule has 0 saturated heterocycles. The monoisotopic (exact) mass is 392 g/mol. The summed E-state index contributed by atoms with van der Waals surface area (Å²) in [5.41, 5.74) is -1.02. The Balaban J connectivity index is 1.72. The smallest absolute Gasteiger partial charge is 0.416 e. The molecule has 0 atom stereocenters. The van der Waals surface area contributed by atoms with Gasteiger partial charge in [0, 0.05) is 19.2 Å². The van der Waals surface area contributed by atoms with Crippen molar-refractivity contribution in [2.24, 2.45) is 0 Å². The Morgan fingerprint density at radius 1 is 1.39 bits per heavy atom. The van der Waals surface area contributed by atoms with Crippen LogP contribution < -0.4 is 10.8 Å². The van der Waals surface area contributed by atoms with Crippen LogP contribution in [0.15, 0.2) is 30.5 Å². The van der Waals surface area contributed by atoms with Crippen molar-refractivity contribution in [3.8, 4) is 5.75 Å². The van der Waals surface area contributed by atoms with Crippen LogP contribution in [-0.2, 0) is 12.6 Å². The Bertz CT molecular complexity index is 1120. The molecule has 0 aliphatic rings. The first kappa shape index (κ1) is 19.1. The molecule has 0 fully saturated rings. The molecule has 0 unspecified atom stereocenters. The average Bonchev–Trinajstić information content (AvgIpc) is 3.04. The van der Waals surface area contributed by atoms with E-state index in [4.69, 9.17) is 10.8 Å². The fraction of sp³-hybridized carbons (Fsp3) is 0.176. The van der Waals surface area contributed by atoms with Crippen LogP contribution in [0.5, 0.6) is 5.75 Å². The number of halogens is 3. The molecule has 3 rings (SSSR count). The molecule has 2 heterocycles. The standard InChI is InChI=1S/C17H15F3N6O2/c18-17(19,20)9-6-11-14(12(27)7-9)25-13(24-11)3-4-23-16(28)10-2-1-5-26(8-21)15(10)22/h1-2,5-8,21-22,27H,3-4H2,(H,23,28)(H,24,25). The van der Waals surface area contributed by atoms with E-state index in [1.807, 2.05) is 0 Å². The molecule has 1 aromatic carbocycles. The summed E-state index contributed by atoms with van der Waals surface area (Å²) in [5.74, 6) is -0.825. The summed E-state index contributed by atoms with van der Waals surface area (Å²) in [4.78, 5) is 18.9. The molecule has 0 aliphatic heterocycles. The molecule has 0 saturated carbocycles. The number of aromatic amines is 1. The minimum atomic E-state index is -4.60. The maximum Gasteiger partial charge on any atom is 0.416 e. The van der Waals surface area contributed by atoms with Crippen LogP contribution >= 0.6 is 0 Å². The highest BCUT2D eigenvalue weighted by molar-refractivity contribution is 5.93. The molecule has 5 N–H and O–H groups in total. The second-order valence-corrected chi connectivity index (χ2v) is 5.89. The Morgan fingerprint density at radius 2 is 2.14 bits per heavy atom. The van der Waals surface area contributed by atoms with Crippen molar-refractivity contribution in [3.05, 3.63) is 52.9 Å². The molecule has 2 aromatic heterocycles. The van der Waals surface area contributed by atoms with Crippen molar-refractivity contribution in [3.63, 3.8) is 0 Å². The van der Waals surface area contributed by atoms with Crippen LogP contribution in [0.2, 0.25) is 0 Å². The van der Waals surface area contributed by atoms with Crippen LogP contribution in [0.25, 0.3) is 11.0 Å². The zero-order valence-corrected chi connectivity index (χ0v) is 14.3. The van der Waals surface area contributed by atoms with Gasteiger partial charge in [0.15, 0.2) is 0 Å². The highest BCUT2D eigenvalue weighted by Crippen LogP contribution is 2.35. The fourth-order valence-corrected chi connectivity index (χ4v) is 2.64. The number of carbonyl (C=O) groups is 1. The SMILES string of the molecule is N=Cn1cccc(C(=O)NCCc2nc3c(O)cc(C(F)(F)F)cc3[nH]2)c1=N. The summed E-state index contributed by atoms with van der Waals surface area (Å²) in [6, 6.07) is 4.43. The number of carbonyl (C=O) groups excluding carboxylic acids is 1. The molecule has 0 aliphatic carbocycles. The second kappa shape index (κ2) is 7.18. The summed E-state index contributed by atoms with van der Waals surface area (Å²) < 4.78 is 39.6. The number of hydrogen-bond donors (Lipinski definition) is 5. The van der Waals surface area contributed by atoms with E-state index in [-0.39, 0.29) is 35.1 Å². The Kier molecular flexibility index (Phi) is 4.91. The number of rotatable bonds is 5. The van der Waals surface area contributed by atoms with Crippen molar-refractivity contribution in [2.75, 3.05) is 6.54 Å². The number of hydrogen-bond acceptors (Lipinski definition) is 5. The lowest BCUT2D eigenvalue weighted by Gasteiger charge is -2.06. The number of pyridine rings is 1. The number of alkyl halides is 3. The van der Waals surface area contributed by atoms with Gasteiger partial charge in [-0.2, -0.15) is 13.2 Å². The van der Waals surface area contributed by atoms with Gasteiger partial charge in [-0.25, -0.2) is 4.98 Å². The molecule has 146 valence electrons. The van der Waals surface area contributed by atoms with Gasteiger partial charge in [-0.1, -0.05) is 0 Å². The molecule has 0 radical (unpaired) electrons. The summed E-state index contributed by atoms with van der Waals surface area (Å²) in [6.07, 6.45) is -2.06. The van der Waals surface area contributed by atoms with E-state index in [1.165, 1.54) is 18.3 Å². The Hall–Kier alpha value is -3.63. The first-order chi connectivity index (χ1) is 13.2. The number of phenolic OH excluding ortho intramolecular Hbond substituents is 1. The normalized spacial score (nSPS) is 11.5. The lowest BCUT2D eigenvalue weighted by Crippen LogP contribution is -2.33.